The molecule has 0 saturated heterocycles. The molecule has 0 bridgehead atoms. The number of carbonyl (C=O) groups is 1. The van der Waals surface area contributed by atoms with E-state index in [4.69, 9.17) is 28.4 Å². The van der Waals surface area contributed by atoms with Gasteiger partial charge in [0.2, 0.25) is 11.8 Å². The number of aliphatic imine (C=N–C) groups is 1. The van der Waals surface area contributed by atoms with Crippen molar-refractivity contribution in [2.24, 2.45) is 4.99 Å². The fourth-order valence-electron chi connectivity index (χ4n) is 2.35. The van der Waals surface area contributed by atoms with Crippen LogP contribution in [0, 0.1) is 0 Å². The van der Waals surface area contributed by atoms with Gasteiger partial charge in [0.1, 0.15) is 19.0 Å². The van der Waals surface area contributed by atoms with Crippen LogP contribution in [0.3, 0.4) is 0 Å². The maximum atomic E-state index is 12.1. The van der Waals surface area contributed by atoms with E-state index in [-0.39, 0.29) is 43.0 Å². The Kier molecular flexibility index (Phi) is 9.10. The van der Waals surface area contributed by atoms with Gasteiger partial charge in [-0.1, -0.05) is 0 Å². The summed E-state index contributed by atoms with van der Waals surface area (Å²) in [5.41, 5.74) is -1.07. The molecule has 2 heterocycles. The Bertz CT molecular complexity index is 697. The molecule has 1 unspecified atom stereocenters. The van der Waals surface area contributed by atoms with Gasteiger partial charge in [0, 0.05) is 13.2 Å². The molecule has 0 fully saturated rings. The maximum absolute atomic E-state index is 12.1. The van der Waals surface area contributed by atoms with Crippen molar-refractivity contribution in [1.82, 2.24) is 4.98 Å². The third-order valence-electron chi connectivity index (χ3n) is 3.89. The second-order valence-electron chi connectivity index (χ2n) is 6.28. The minimum absolute atomic E-state index is 0.00760. The summed E-state index contributed by atoms with van der Waals surface area (Å²) in [6.07, 6.45) is 0. The Morgan fingerprint density at radius 1 is 1.17 bits per heavy atom. The number of pyridine rings is 1. The van der Waals surface area contributed by atoms with Gasteiger partial charge in [0.15, 0.2) is 11.2 Å². The molecule has 1 aliphatic heterocycles. The number of nitrogens with zero attached hydrogens (tertiary/aromatic N) is 2. The number of ether oxygens (including phenoxy) is 6. The number of esters is 1. The van der Waals surface area contributed by atoms with Crippen molar-refractivity contribution < 1.29 is 38.3 Å². The lowest BCUT2D eigenvalue weighted by molar-refractivity contribution is -0.149. The number of rotatable bonds is 13. The summed E-state index contributed by atoms with van der Waals surface area (Å²) in [5, 5.41) is 10.1. The molecule has 0 saturated carbocycles. The molecule has 0 radical (unpaired) electrons. The Labute approximate surface area is 169 Å². The van der Waals surface area contributed by atoms with Gasteiger partial charge in [-0.2, -0.15) is 0 Å². The van der Waals surface area contributed by atoms with Gasteiger partial charge in [-0.15, -0.1) is 0 Å². The quantitative estimate of drug-likeness (QED) is 0.373. The van der Waals surface area contributed by atoms with Crippen LogP contribution < -0.4 is 4.74 Å². The largest absolute Gasteiger partial charge is 0.505 e. The summed E-state index contributed by atoms with van der Waals surface area (Å²) in [7, 11) is 1.62. The number of carbonyl (C=O) groups excluding carboxylic acids is 1. The zero-order valence-electron chi connectivity index (χ0n) is 17.0. The average Bonchev–Trinajstić information content (AvgIpc) is 3.11. The first-order valence-corrected chi connectivity index (χ1v) is 9.37. The summed E-state index contributed by atoms with van der Waals surface area (Å²) in [4.78, 5) is 20.5. The molecule has 1 aromatic heterocycles. The topological polar surface area (TPSA) is 118 Å². The Balaban J connectivity index is 1.85. The van der Waals surface area contributed by atoms with Crippen LogP contribution in [-0.2, 0) is 28.5 Å². The molecule has 29 heavy (non-hydrogen) atoms. The van der Waals surface area contributed by atoms with E-state index in [2.05, 4.69) is 9.98 Å². The zero-order valence-corrected chi connectivity index (χ0v) is 17.0. The molecule has 0 aliphatic carbocycles. The third kappa shape index (κ3) is 6.84. The average molecular weight is 412 g/mol. The summed E-state index contributed by atoms with van der Waals surface area (Å²) >= 11 is 0. The van der Waals surface area contributed by atoms with E-state index in [0.29, 0.717) is 33.0 Å². The van der Waals surface area contributed by atoms with Crippen molar-refractivity contribution in [2.75, 3.05) is 60.0 Å². The number of hydrogen-bond donors (Lipinski definition) is 1. The Hall–Kier alpha value is -2.43. The molecule has 10 heteroatoms. The SMILES string of the molecule is CCOC(=O)C1(C)COC(c2nc(OCCOCCOCCOC)ccc2O)=N1. The molecule has 0 spiro atoms. The fraction of sp³-hybridized carbons (Fsp3) is 0.632. The van der Waals surface area contributed by atoms with Crippen molar-refractivity contribution in [2.45, 2.75) is 19.4 Å². The van der Waals surface area contributed by atoms with Gasteiger partial charge in [-0.05, 0) is 19.9 Å². The van der Waals surface area contributed by atoms with Crippen LogP contribution in [-0.4, -0.2) is 87.5 Å². The third-order valence-corrected chi connectivity index (χ3v) is 3.89. The summed E-state index contributed by atoms with van der Waals surface area (Å²) < 4.78 is 31.6. The highest BCUT2D eigenvalue weighted by Crippen LogP contribution is 2.27. The molecule has 162 valence electrons. The van der Waals surface area contributed by atoms with Crippen LogP contribution in [0.15, 0.2) is 17.1 Å². The number of aromatic hydroxyl groups is 1. The molecular weight excluding hydrogens is 384 g/mol. The van der Waals surface area contributed by atoms with Gasteiger partial charge in [-0.25, -0.2) is 14.8 Å². The van der Waals surface area contributed by atoms with Crippen LogP contribution in [0.2, 0.25) is 0 Å². The summed E-state index contributed by atoms with van der Waals surface area (Å²) in [6, 6.07) is 2.95. The summed E-state index contributed by atoms with van der Waals surface area (Å²) in [6.45, 7) is 6.18. The van der Waals surface area contributed by atoms with E-state index in [9.17, 15) is 9.90 Å². The molecule has 0 amide bonds. The lowest BCUT2D eigenvalue weighted by Crippen LogP contribution is -2.36. The first kappa shape index (κ1) is 22.9. The standard InChI is InChI=1S/C19H28N2O8/c1-4-27-18(23)19(2)13-29-17(21-19)16-14(22)5-6-15(20-16)28-12-11-26-10-9-25-8-7-24-3/h5-6,22H,4,7-13H2,1-3H3. The first-order chi connectivity index (χ1) is 14.0. The predicted octanol–water partition coefficient (Wildman–Crippen LogP) is 0.944. The van der Waals surface area contributed by atoms with Crippen molar-refractivity contribution >= 4 is 11.9 Å². The van der Waals surface area contributed by atoms with Gasteiger partial charge >= 0.3 is 5.97 Å². The van der Waals surface area contributed by atoms with E-state index in [1.54, 1.807) is 21.0 Å². The van der Waals surface area contributed by atoms with E-state index < -0.39 is 11.5 Å². The lowest BCUT2D eigenvalue weighted by Gasteiger charge is -2.15. The molecule has 2 rings (SSSR count). The zero-order chi connectivity index (χ0) is 21.1. The van der Waals surface area contributed by atoms with Crippen molar-refractivity contribution in [1.29, 1.82) is 0 Å². The maximum Gasteiger partial charge on any atom is 0.337 e. The van der Waals surface area contributed by atoms with Gasteiger partial charge < -0.3 is 33.5 Å². The number of methoxy groups -OCH3 is 1. The number of hydrogen-bond acceptors (Lipinski definition) is 10. The van der Waals surface area contributed by atoms with Crippen molar-refractivity contribution in [3.8, 4) is 11.6 Å². The highest BCUT2D eigenvalue weighted by atomic mass is 16.6. The molecule has 1 atom stereocenters. The molecule has 1 aliphatic rings. The van der Waals surface area contributed by atoms with Crippen LogP contribution in [0.1, 0.15) is 19.5 Å². The van der Waals surface area contributed by atoms with E-state index in [1.165, 1.54) is 12.1 Å². The summed E-state index contributed by atoms with van der Waals surface area (Å²) in [5.74, 6) is -0.291. The lowest BCUT2D eigenvalue weighted by atomic mass is 10.1. The van der Waals surface area contributed by atoms with Crippen LogP contribution in [0.4, 0.5) is 0 Å². The monoisotopic (exact) mass is 412 g/mol. The molecule has 0 aromatic carbocycles. The minimum atomic E-state index is -1.17. The Morgan fingerprint density at radius 3 is 2.55 bits per heavy atom. The molecule has 1 N–H and O–H groups in total. The number of aromatic nitrogens is 1. The highest BCUT2D eigenvalue weighted by Gasteiger charge is 2.42. The molecule has 1 aromatic rings. The van der Waals surface area contributed by atoms with Gasteiger partial charge in [-0.3, -0.25) is 0 Å². The second kappa shape index (κ2) is 11.5. The second-order valence-corrected chi connectivity index (χ2v) is 6.28. The van der Waals surface area contributed by atoms with E-state index in [0.717, 1.165) is 0 Å². The van der Waals surface area contributed by atoms with Crippen molar-refractivity contribution in [3.63, 3.8) is 0 Å². The van der Waals surface area contributed by atoms with Gasteiger partial charge in [0.25, 0.3) is 0 Å². The van der Waals surface area contributed by atoms with Crippen molar-refractivity contribution in [3.05, 3.63) is 17.8 Å². The van der Waals surface area contributed by atoms with Crippen LogP contribution in [0.5, 0.6) is 11.6 Å². The highest BCUT2D eigenvalue weighted by molar-refractivity contribution is 5.99. The van der Waals surface area contributed by atoms with Gasteiger partial charge in [0.05, 0.1) is 39.6 Å². The molecule has 10 nitrogen and oxygen atoms in total. The minimum Gasteiger partial charge on any atom is -0.505 e. The van der Waals surface area contributed by atoms with E-state index in [1.807, 2.05) is 0 Å². The van der Waals surface area contributed by atoms with Crippen LogP contribution >= 0.6 is 0 Å². The first-order valence-electron chi connectivity index (χ1n) is 9.37. The Morgan fingerprint density at radius 2 is 1.86 bits per heavy atom. The van der Waals surface area contributed by atoms with Crippen LogP contribution in [0.25, 0.3) is 0 Å². The predicted molar refractivity (Wildman–Crippen MR) is 102 cm³/mol. The smallest absolute Gasteiger partial charge is 0.337 e. The normalized spacial score (nSPS) is 18.2. The van der Waals surface area contributed by atoms with E-state index >= 15 is 0 Å². The fourth-order valence-corrected chi connectivity index (χ4v) is 2.35. The molecular formula is C19H28N2O8.